The Balaban J connectivity index is 1.80. The number of aromatic amines is 1. The van der Waals surface area contributed by atoms with Gasteiger partial charge in [0, 0.05) is 6.54 Å². The van der Waals surface area contributed by atoms with Crippen molar-refractivity contribution in [3.05, 3.63) is 34.7 Å². The summed E-state index contributed by atoms with van der Waals surface area (Å²) in [5.74, 6) is 0.271. The van der Waals surface area contributed by atoms with Crippen molar-refractivity contribution < 1.29 is 4.79 Å². The van der Waals surface area contributed by atoms with Crippen molar-refractivity contribution in [2.24, 2.45) is 11.7 Å². The highest BCUT2D eigenvalue weighted by Gasteiger charge is 2.41. The van der Waals surface area contributed by atoms with Crippen LogP contribution in [0.3, 0.4) is 0 Å². The zero-order valence-electron chi connectivity index (χ0n) is 12.1. The number of carbonyl (C=O) groups excluding carboxylic acids is 1. The minimum Gasteiger partial charge on any atom is -0.348 e. The SMILES string of the molecule is CC(CN)(NC(=O)Cn1c(=O)[nH]c2ccccc21)C1CC1. The van der Waals surface area contributed by atoms with Gasteiger partial charge in [-0.25, -0.2) is 4.79 Å². The van der Waals surface area contributed by atoms with Crippen LogP contribution >= 0.6 is 0 Å². The Morgan fingerprint density at radius 1 is 1.48 bits per heavy atom. The van der Waals surface area contributed by atoms with E-state index >= 15 is 0 Å². The van der Waals surface area contributed by atoms with Gasteiger partial charge in [-0.05, 0) is 37.8 Å². The molecule has 1 unspecified atom stereocenters. The fourth-order valence-corrected chi connectivity index (χ4v) is 2.81. The maximum Gasteiger partial charge on any atom is 0.326 e. The molecular formula is C15H20N4O2. The number of nitrogens with two attached hydrogens (primary N) is 1. The largest absolute Gasteiger partial charge is 0.348 e. The first-order valence-corrected chi connectivity index (χ1v) is 7.22. The summed E-state index contributed by atoms with van der Waals surface area (Å²) in [6, 6.07) is 7.34. The number of nitrogens with one attached hydrogen (secondary N) is 2. The lowest BCUT2D eigenvalue weighted by Crippen LogP contribution is -2.54. The molecule has 4 N–H and O–H groups in total. The van der Waals surface area contributed by atoms with E-state index in [-0.39, 0.29) is 23.7 Å². The Morgan fingerprint density at radius 3 is 2.86 bits per heavy atom. The summed E-state index contributed by atoms with van der Waals surface area (Å²) in [5.41, 5.74) is 6.63. The molecule has 1 aromatic carbocycles. The maximum atomic E-state index is 12.3. The van der Waals surface area contributed by atoms with Crippen LogP contribution in [0, 0.1) is 5.92 Å². The number of hydrogen-bond donors (Lipinski definition) is 3. The van der Waals surface area contributed by atoms with Crippen molar-refractivity contribution in [2.75, 3.05) is 6.54 Å². The Morgan fingerprint density at radius 2 is 2.19 bits per heavy atom. The molecule has 6 nitrogen and oxygen atoms in total. The Hall–Kier alpha value is -2.08. The lowest BCUT2D eigenvalue weighted by atomic mass is 9.96. The standard InChI is InChI=1S/C15H20N4O2/c1-15(9-16,10-6-7-10)18-13(20)8-19-12-5-3-2-4-11(12)17-14(19)21/h2-5,10H,6-9,16H2,1H3,(H,17,21)(H,18,20). The van der Waals surface area contributed by atoms with E-state index in [0.29, 0.717) is 12.5 Å². The highest BCUT2D eigenvalue weighted by Crippen LogP contribution is 2.38. The summed E-state index contributed by atoms with van der Waals surface area (Å²) < 4.78 is 1.45. The molecule has 1 amide bonds. The Bertz CT molecular complexity index is 729. The van der Waals surface area contributed by atoms with Crippen LogP contribution in [0.2, 0.25) is 0 Å². The number of imidazole rings is 1. The van der Waals surface area contributed by atoms with Crippen LogP contribution < -0.4 is 16.7 Å². The molecular weight excluding hydrogens is 268 g/mol. The molecule has 0 aliphatic heterocycles. The van der Waals surface area contributed by atoms with Crippen molar-refractivity contribution in [1.29, 1.82) is 0 Å². The second-order valence-electron chi connectivity index (χ2n) is 5.98. The van der Waals surface area contributed by atoms with Gasteiger partial charge in [0.05, 0.1) is 16.6 Å². The molecule has 0 radical (unpaired) electrons. The van der Waals surface area contributed by atoms with Gasteiger partial charge in [-0.3, -0.25) is 9.36 Å². The first-order valence-electron chi connectivity index (χ1n) is 7.22. The number of para-hydroxylation sites is 2. The van der Waals surface area contributed by atoms with Gasteiger partial charge in [-0.15, -0.1) is 0 Å². The van der Waals surface area contributed by atoms with E-state index < -0.39 is 0 Å². The highest BCUT2D eigenvalue weighted by molar-refractivity contribution is 5.81. The molecule has 1 aliphatic carbocycles. The third kappa shape index (κ3) is 2.58. The molecule has 1 aliphatic rings. The molecule has 1 fully saturated rings. The molecule has 1 aromatic heterocycles. The fraction of sp³-hybridized carbons (Fsp3) is 0.467. The van der Waals surface area contributed by atoms with Crippen LogP contribution in [-0.4, -0.2) is 27.5 Å². The number of benzene rings is 1. The Kier molecular flexibility index (Phi) is 3.33. The average Bonchev–Trinajstić information content (AvgIpc) is 3.26. The molecule has 3 rings (SSSR count). The van der Waals surface area contributed by atoms with Crippen molar-refractivity contribution in [3.63, 3.8) is 0 Å². The summed E-state index contributed by atoms with van der Waals surface area (Å²) in [6.07, 6.45) is 2.20. The zero-order chi connectivity index (χ0) is 15.0. The highest BCUT2D eigenvalue weighted by atomic mass is 16.2. The number of carbonyl (C=O) groups is 1. The summed E-state index contributed by atoms with van der Waals surface area (Å²) in [7, 11) is 0. The topological polar surface area (TPSA) is 92.9 Å². The van der Waals surface area contributed by atoms with Crippen molar-refractivity contribution in [1.82, 2.24) is 14.9 Å². The summed E-state index contributed by atoms with van der Waals surface area (Å²) >= 11 is 0. The van der Waals surface area contributed by atoms with E-state index in [2.05, 4.69) is 10.3 Å². The van der Waals surface area contributed by atoms with Crippen LogP contribution in [0.1, 0.15) is 19.8 Å². The lowest BCUT2D eigenvalue weighted by Gasteiger charge is -2.29. The second kappa shape index (κ2) is 5.04. The van der Waals surface area contributed by atoms with Gasteiger partial charge in [-0.2, -0.15) is 0 Å². The monoisotopic (exact) mass is 288 g/mol. The number of hydrogen-bond acceptors (Lipinski definition) is 3. The molecule has 21 heavy (non-hydrogen) atoms. The maximum absolute atomic E-state index is 12.3. The predicted octanol–water partition coefficient (Wildman–Crippen LogP) is 0.573. The molecule has 112 valence electrons. The van der Waals surface area contributed by atoms with E-state index in [4.69, 9.17) is 5.73 Å². The Labute approximate surface area is 122 Å². The first-order chi connectivity index (χ1) is 10.0. The average molecular weight is 288 g/mol. The second-order valence-corrected chi connectivity index (χ2v) is 5.98. The minimum atomic E-state index is -0.368. The van der Waals surface area contributed by atoms with Crippen LogP contribution in [0.15, 0.2) is 29.1 Å². The van der Waals surface area contributed by atoms with Gasteiger partial charge in [0.2, 0.25) is 5.91 Å². The van der Waals surface area contributed by atoms with Crippen molar-refractivity contribution in [3.8, 4) is 0 Å². The van der Waals surface area contributed by atoms with E-state index in [1.165, 1.54) is 4.57 Å². The van der Waals surface area contributed by atoms with Crippen LogP contribution in [0.25, 0.3) is 11.0 Å². The minimum absolute atomic E-state index is 0.00512. The van der Waals surface area contributed by atoms with E-state index in [0.717, 1.165) is 23.9 Å². The van der Waals surface area contributed by atoms with Crippen molar-refractivity contribution >= 4 is 16.9 Å². The molecule has 0 saturated heterocycles. The van der Waals surface area contributed by atoms with Crippen molar-refractivity contribution in [2.45, 2.75) is 31.8 Å². The van der Waals surface area contributed by atoms with Crippen LogP contribution in [-0.2, 0) is 11.3 Å². The number of H-pyrrole nitrogens is 1. The number of rotatable bonds is 5. The molecule has 1 saturated carbocycles. The third-order valence-electron chi connectivity index (χ3n) is 4.31. The lowest BCUT2D eigenvalue weighted by molar-refractivity contribution is -0.123. The van der Waals surface area contributed by atoms with E-state index in [1.807, 2.05) is 31.2 Å². The normalized spacial score (nSPS) is 17.6. The van der Waals surface area contributed by atoms with E-state index in [9.17, 15) is 9.59 Å². The number of nitrogens with zero attached hydrogens (tertiary/aromatic N) is 1. The van der Waals surface area contributed by atoms with Crippen LogP contribution in [0.5, 0.6) is 0 Å². The van der Waals surface area contributed by atoms with Gasteiger partial charge in [0.15, 0.2) is 0 Å². The smallest absolute Gasteiger partial charge is 0.326 e. The molecule has 0 bridgehead atoms. The summed E-state index contributed by atoms with van der Waals surface area (Å²) in [6.45, 7) is 2.39. The number of amides is 1. The van der Waals surface area contributed by atoms with Gasteiger partial charge >= 0.3 is 5.69 Å². The third-order valence-corrected chi connectivity index (χ3v) is 4.31. The zero-order valence-corrected chi connectivity index (χ0v) is 12.1. The van der Waals surface area contributed by atoms with Gasteiger partial charge < -0.3 is 16.0 Å². The molecule has 1 heterocycles. The first kappa shape index (κ1) is 13.9. The fourth-order valence-electron chi connectivity index (χ4n) is 2.81. The summed E-state index contributed by atoms with van der Waals surface area (Å²) in [4.78, 5) is 27.0. The van der Waals surface area contributed by atoms with E-state index in [1.54, 1.807) is 0 Å². The van der Waals surface area contributed by atoms with Crippen LogP contribution in [0.4, 0.5) is 0 Å². The van der Waals surface area contributed by atoms with Gasteiger partial charge in [0.25, 0.3) is 0 Å². The van der Waals surface area contributed by atoms with Gasteiger partial charge in [0.1, 0.15) is 6.54 Å². The van der Waals surface area contributed by atoms with Gasteiger partial charge in [-0.1, -0.05) is 12.1 Å². The number of aromatic nitrogens is 2. The summed E-state index contributed by atoms with van der Waals surface area (Å²) in [5, 5.41) is 3.00. The molecule has 6 heteroatoms. The molecule has 1 atom stereocenters. The molecule has 2 aromatic rings. The predicted molar refractivity (Wildman–Crippen MR) is 80.9 cm³/mol. The number of fused-ring (bicyclic) bond motifs is 1. The molecule has 0 spiro atoms. The quantitative estimate of drug-likeness (QED) is 0.751.